The lowest BCUT2D eigenvalue weighted by Gasteiger charge is -2.13. The number of hydrogen-bond donors (Lipinski definition) is 2. The maximum atomic E-state index is 12.2. The van der Waals surface area contributed by atoms with Crippen LogP contribution in [0.3, 0.4) is 0 Å². The number of hydrogen-bond acceptors (Lipinski definition) is 4. The van der Waals surface area contributed by atoms with Gasteiger partial charge in [-0.2, -0.15) is 0 Å². The Morgan fingerprint density at radius 2 is 2.00 bits per heavy atom. The minimum absolute atomic E-state index is 0.0851. The Labute approximate surface area is 106 Å². The van der Waals surface area contributed by atoms with E-state index in [1.165, 1.54) is 0 Å². The van der Waals surface area contributed by atoms with E-state index in [4.69, 9.17) is 5.73 Å². The van der Waals surface area contributed by atoms with Crippen molar-refractivity contribution in [3.63, 3.8) is 0 Å². The van der Waals surface area contributed by atoms with E-state index in [-0.39, 0.29) is 18.1 Å². The molecular weight excluding hydrogens is 228 g/mol. The van der Waals surface area contributed by atoms with Crippen LogP contribution in [0.1, 0.15) is 10.4 Å². The molecular formula is C14H16N2O2. The lowest BCUT2D eigenvalue weighted by molar-refractivity contribution is 0.0960. The number of nitrogen functional groups attached to an aromatic ring is 1. The monoisotopic (exact) mass is 244 g/mol. The fourth-order valence-electron chi connectivity index (χ4n) is 2.04. The lowest BCUT2D eigenvalue weighted by Crippen LogP contribution is -2.22. The summed E-state index contributed by atoms with van der Waals surface area (Å²) in [5.41, 5.74) is 6.68. The Kier molecular flexibility index (Phi) is 3.21. The minimum Gasteiger partial charge on any atom is -0.507 e. The summed E-state index contributed by atoms with van der Waals surface area (Å²) in [5.74, 6) is -0.00786. The van der Waals surface area contributed by atoms with Gasteiger partial charge in [-0.3, -0.25) is 4.79 Å². The Morgan fingerprint density at radius 1 is 1.28 bits per heavy atom. The van der Waals surface area contributed by atoms with Crippen molar-refractivity contribution in [2.45, 2.75) is 0 Å². The van der Waals surface area contributed by atoms with E-state index in [2.05, 4.69) is 0 Å². The third kappa shape index (κ3) is 2.15. The zero-order valence-corrected chi connectivity index (χ0v) is 10.5. The molecule has 0 spiro atoms. The molecule has 18 heavy (non-hydrogen) atoms. The number of carbonyl (C=O) groups excluding carboxylic acids is 1. The van der Waals surface area contributed by atoms with Gasteiger partial charge in [0.15, 0.2) is 5.78 Å². The average Bonchev–Trinajstić information content (AvgIpc) is 2.29. The van der Waals surface area contributed by atoms with Crippen molar-refractivity contribution >= 4 is 22.2 Å². The molecule has 0 aliphatic rings. The van der Waals surface area contributed by atoms with Crippen LogP contribution in [-0.4, -0.2) is 36.4 Å². The van der Waals surface area contributed by atoms with Crippen molar-refractivity contribution in [1.82, 2.24) is 4.90 Å². The summed E-state index contributed by atoms with van der Waals surface area (Å²) in [5, 5.41) is 11.3. The quantitative estimate of drug-likeness (QED) is 0.639. The van der Waals surface area contributed by atoms with Gasteiger partial charge in [0.2, 0.25) is 0 Å². The highest BCUT2D eigenvalue weighted by Crippen LogP contribution is 2.31. The highest BCUT2D eigenvalue weighted by molar-refractivity contribution is 6.14. The second kappa shape index (κ2) is 4.66. The number of rotatable bonds is 3. The fourth-order valence-corrected chi connectivity index (χ4v) is 2.04. The van der Waals surface area contributed by atoms with Gasteiger partial charge in [-0.15, -0.1) is 0 Å². The van der Waals surface area contributed by atoms with Crippen LogP contribution in [0.5, 0.6) is 5.75 Å². The molecule has 0 fully saturated rings. The highest BCUT2D eigenvalue weighted by Gasteiger charge is 2.16. The number of carbonyl (C=O) groups is 1. The molecule has 0 saturated heterocycles. The Hall–Kier alpha value is -2.07. The number of aromatic hydroxyl groups is 1. The van der Waals surface area contributed by atoms with Crippen molar-refractivity contribution in [2.24, 2.45) is 0 Å². The minimum atomic E-state index is -0.0930. The van der Waals surface area contributed by atoms with Crippen LogP contribution >= 0.6 is 0 Å². The molecule has 0 bridgehead atoms. The first kappa shape index (κ1) is 12.4. The number of fused-ring (bicyclic) bond motifs is 1. The molecule has 3 N–H and O–H groups in total. The van der Waals surface area contributed by atoms with Gasteiger partial charge in [-0.1, -0.05) is 18.2 Å². The number of nitrogens with two attached hydrogens (primary N) is 1. The van der Waals surface area contributed by atoms with E-state index in [0.717, 1.165) is 5.39 Å². The topological polar surface area (TPSA) is 66.6 Å². The number of ketones is 1. The predicted molar refractivity (Wildman–Crippen MR) is 72.9 cm³/mol. The number of Topliss-reactive ketones (excluding diaryl/α,β-unsaturated/α-hetero) is 1. The third-order valence-electron chi connectivity index (χ3n) is 2.79. The van der Waals surface area contributed by atoms with Crippen LogP contribution in [0, 0.1) is 0 Å². The van der Waals surface area contributed by atoms with Gasteiger partial charge in [0, 0.05) is 11.1 Å². The fraction of sp³-hybridized carbons (Fsp3) is 0.214. The maximum absolute atomic E-state index is 12.2. The molecule has 4 heteroatoms. The van der Waals surface area contributed by atoms with Crippen molar-refractivity contribution in [3.8, 4) is 5.75 Å². The number of likely N-dealkylation sites (N-methyl/N-ethyl adjacent to an activating group) is 1. The molecule has 0 unspecified atom stereocenters. The molecule has 0 heterocycles. The Morgan fingerprint density at radius 3 is 2.67 bits per heavy atom. The maximum Gasteiger partial charge on any atom is 0.179 e. The van der Waals surface area contributed by atoms with Gasteiger partial charge in [0.1, 0.15) is 5.75 Å². The second-order valence-electron chi connectivity index (χ2n) is 4.57. The number of nitrogens with zero attached hydrogens (tertiary/aromatic N) is 1. The van der Waals surface area contributed by atoms with Crippen LogP contribution in [0.15, 0.2) is 30.3 Å². The van der Waals surface area contributed by atoms with Crippen molar-refractivity contribution < 1.29 is 9.90 Å². The molecule has 2 aromatic carbocycles. The smallest absolute Gasteiger partial charge is 0.179 e. The summed E-state index contributed by atoms with van der Waals surface area (Å²) < 4.78 is 0. The first-order chi connectivity index (χ1) is 8.50. The van der Waals surface area contributed by atoms with Gasteiger partial charge >= 0.3 is 0 Å². The van der Waals surface area contributed by atoms with E-state index < -0.39 is 0 Å². The highest BCUT2D eigenvalue weighted by atomic mass is 16.3. The molecule has 0 aliphatic carbocycles. The van der Waals surface area contributed by atoms with Crippen LogP contribution in [-0.2, 0) is 0 Å². The molecule has 0 saturated carbocycles. The molecule has 0 aliphatic heterocycles. The molecule has 0 atom stereocenters. The average molecular weight is 244 g/mol. The first-order valence-corrected chi connectivity index (χ1v) is 5.69. The van der Waals surface area contributed by atoms with Crippen LogP contribution in [0.2, 0.25) is 0 Å². The van der Waals surface area contributed by atoms with Gasteiger partial charge in [-0.25, -0.2) is 0 Å². The second-order valence-corrected chi connectivity index (χ2v) is 4.57. The molecule has 4 nitrogen and oxygen atoms in total. The van der Waals surface area contributed by atoms with Gasteiger partial charge in [0.25, 0.3) is 0 Å². The summed E-state index contributed by atoms with van der Waals surface area (Å²) in [6.07, 6.45) is 0. The van der Waals surface area contributed by atoms with Crippen molar-refractivity contribution in [1.29, 1.82) is 0 Å². The number of benzene rings is 2. The molecule has 2 rings (SSSR count). The summed E-state index contributed by atoms with van der Waals surface area (Å²) in [6, 6.07) is 8.66. The Bertz CT molecular complexity index is 606. The summed E-state index contributed by atoms with van der Waals surface area (Å²) in [7, 11) is 3.64. The molecule has 2 aromatic rings. The summed E-state index contributed by atoms with van der Waals surface area (Å²) in [6.45, 7) is 0.262. The normalized spacial score (nSPS) is 11.1. The van der Waals surface area contributed by atoms with Crippen LogP contribution in [0.25, 0.3) is 10.8 Å². The molecule has 0 amide bonds. The van der Waals surface area contributed by atoms with Crippen LogP contribution in [0.4, 0.5) is 5.69 Å². The van der Waals surface area contributed by atoms with E-state index in [9.17, 15) is 9.90 Å². The number of phenols is 1. The standard InChI is InChI=1S/C14H16N2O2/c1-16(2)8-12(18)14-10(15)7-6-9-4-3-5-11(17)13(9)14/h3-7,17H,8,15H2,1-2H3. The Balaban J connectivity index is 2.68. The number of anilines is 1. The number of phenolic OH excluding ortho intramolecular Hbond substituents is 1. The van der Waals surface area contributed by atoms with E-state index in [1.54, 1.807) is 29.2 Å². The lowest BCUT2D eigenvalue weighted by atomic mass is 9.98. The summed E-state index contributed by atoms with van der Waals surface area (Å²) in [4.78, 5) is 14.0. The van der Waals surface area contributed by atoms with Crippen LogP contribution < -0.4 is 5.73 Å². The SMILES string of the molecule is CN(C)CC(=O)c1c(N)ccc2cccc(O)c12. The third-order valence-corrected chi connectivity index (χ3v) is 2.79. The molecule has 0 radical (unpaired) electrons. The molecule has 94 valence electrons. The van der Waals surface area contributed by atoms with Gasteiger partial charge < -0.3 is 15.7 Å². The van der Waals surface area contributed by atoms with E-state index in [0.29, 0.717) is 16.6 Å². The van der Waals surface area contributed by atoms with E-state index >= 15 is 0 Å². The molecule has 0 aromatic heterocycles. The van der Waals surface area contributed by atoms with Gasteiger partial charge in [-0.05, 0) is 31.6 Å². The van der Waals surface area contributed by atoms with Gasteiger partial charge in [0.05, 0.1) is 12.1 Å². The zero-order valence-electron chi connectivity index (χ0n) is 10.5. The zero-order chi connectivity index (χ0) is 13.3. The van der Waals surface area contributed by atoms with Crippen molar-refractivity contribution in [2.75, 3.05) is 26.4 Å². The first-order valence-electron chi connectivity index (χ1n) is 5.69. The largest absolute Gasteiger partial charge is 0.507 e. The summed E-state index contributed by atoms with van der Waals surface area (Å²) >= 11 is 0. The van der Waals surface area contributed by atoms with Crippen molar-refractivity contribution in [3.05, 3.63) is 35.9 Å². The predicted octanol–water partition coefficient (Wildman–Crippen LogP) is 1.87. The van der Waals surface area contributed by atoms with E-state index in [1.807, 2.05) is 20.2 Å².